The van der Waals surface area contributed by atoms with Crippen molar-refractivity contribution in [3.05, 3.63) is 52.5 Å². The maximum absolute atomic E-state index is 12.6. The first-order chi connectivity index (χ1) is 16.9. The topological polar surface area (TPSA) is 77.9 Å². The predicted octanol–water partition coefficient (Wildman–Crippen LogP) is 3.86. The lowest BCUT2D eigenvalue weighted by molar-refractivity contribution is -0.117. The van der Waals surface area contributed by atoms with E-state index in [4.69, 9.17) is 4.74 Å². The average molecular weight is 497 g/mol. The number of β-amino-alcohol motifs (C(OH)–C–C–N with tert-alkyl or cyclic N) is 1. The lowest BCUT2D eigenvalue weighted by Gasteiger charge is -2.35. The summed E-state index contributed by atoms with van der Waals surface area (Å²) >= 11 is 1.73. The first-order valence-corrected chi connectivity index (χ1v) is 13.2. The fraction of sp³-hybridized carbons (Fsp3) is 0.481. The summed E-state index contributed by atoms with van der Waals surface area (Å²) in [5.74, 6) is 0.757. The molecule has 0 saturated carbocycles. The summed E-state index contributed by atoms with van der Waals surface area (Å²) < 4.78 is 7.03. The highest BCUT2D eigenvalue weighted by atomic mass is 32.1. The van der Waals surface area contributed by atoms with Crippen LogP contribution in [-0.2, 0) is 11.2 Å². The van der Waals surface area contributed by atoms with Crippen molar-refractivity contribution < 1.29 is 14.6 Å². The van der Waals surface area contributed by atoms with Crippen LogP contribution in [0.15, 0.2) is 36.4 Å². The highest BCUT2D eigenvalue weighted by Crippen LogP contribution is 2.27. The third kappa shape index (κ3) is 7.01. The van der Waals surface area contributed by atoms with Crippen molar-refractivity contribution in [1.29, 1.82) is 0 Å². The lowest BCUT2D eigenvalue weighted by atomic mass is 10.1. The molecule has 1 aromatic heterocycles. The van der Waals surface area contributed by atoms with E-state index in [9.17, 15) is 9.90 Å². The summed E-state index contributed by atoms with van der Waals surface area (Å²) in [4.78, 5) is 21.6. The number of hydrogen-bond donors (Lipinski definition) is 2. The van der Waals surface area contributed by atoms with Gasteiger partial charge in [0.05, 0.1) is 21.8 Å². The third-order valence-electron chi connectivity index (χ3n) is 6.36. The SMILES string of the molecule is CCCc1nc2cc(OCC(O)CN3CCN(CC(=O)Nc4c(C)cccc4C)CC3)ccc2s1. The Hall–Kier alpha value is -2.52. The van der Waals surface area contributed by atoms with E-state index >= 15 is 0 Å². The van der Waals surface area contributed by atoms with Gasteiger partial charge in [-0.1, -0.05) is 25.1 Å². The number of para-hydroxylation sites is 1. The minimum Gasteiger partial charge on any atom is -0.491 e. The number of fused-ring (bicyclic) bond motifs is 1. The highest BCUT2D eigenvalue weighted by Gasteiger charge is 2.21. The molecular formula is C27H36N4O3S. The summed E-state index contributed by atoms with van der Waals surface area (Å²) in [6, 6.07) is 12.0. The van der Waals surface area contributed by atoms with Crippen LogP contribution >= 0.6 is 11.3 Å². The molecule has 35 heavy (non-hydrogen) atoms. The number of piperazine rings is 1. The molecule has 1 aliphatic heterocycles. The van der Waals surface area contributed by atoms with Gasteiger partial charge in [0.15, 0.2) is 0 Å². The van der Waals surface area contributed by atoms with Crippen LogP contribution < -0.4 is 10.1 Å². The summed E-state index contributed by atoms with van der Waals surface area (Å²) in [5, 5.41) is 14.7. The number of aliphatic hydroxyl groups excluding tert-OH is 1. The molecule has 0 bridgehead atoms. The second-order valence-corrected chi connectivity index (χ2v) is 10.5. The highest BCUT2D eigenvalue weighted by molar-refractivity contribution is 7.18. The van der Waals surface area contributed by atoms with Crippen LogP contribution in [0, 0.1) is 13.8 Å². The van der Waals surface area contributed by atoms with Crippen LogP contribution in [0.2, 0.25) is 0 Å². The number of aromatic nitrogens is 1. The predicted molar refractivity (Wildman–Crippen MR) is 143 cm³/mol. The number of ether oxygens (including phenoxy) is 1. The third-order valence-corrected chi connectivity index (χ3v) is 7.45. The summed E-state index contributed by atoms with van der Waals surface area (Å²) in [6.45, 7) is 10.6. The number of benzene rings is 2. The second-order valence-electron chi connectivity index (χ2n) is 9.34. The Kier molecular flexibility index (Phi) is 8.73. The molecular weight excluding hydrogens is 460 g/mol. The number of carbonyl (C=O) groups is 1. The monoisotopic (exact) mass is 496 g/mol. The lowest BCUT2D eigenvalue weighted by Crippen LogP contribution is -2.50. The van der Waals surface area contributed by atoms with Crippen molar-refractivity contribution in [1.82, 2.24) is 14.8 Å². The molecule has 1 amide bonds. The van der Waals surface area contributed by atoms with Crippen molar-refractivity contribution in [2.45, 2.75) is 39.7 Å². The number of amides is 1. The molecule has 2 aromatic carbocycles. The molecule has 2 heterocycles. The minimum atomic E-state index is -0.573. The minimum absolute atomic E-state index is 0.0168. The van der Waals surface area contributed by atoms with Gasteiger partial charge >= 0.3 is 0 Å². The second kappa shape index (κ2) is 11.9. The Bertz CT molecular complexity index is 1120. The van der Waals surface area contributed by atoms with Gasteiger partial charge in [-0.15, -0.1) is 11.3 Å². The molecule has 3 aromatic rings. The number of rotatable bonds is 10. The van der Waals surface area contributed by atoms with Gasteiger partial charge in [-0.25, -0.2) is 4.98 Å². The van der Waals surface area contributed by atoms with E-state index in [0.29, 0.717) is 13.1 Å². The normalized spacial score (nSPS) is 15.9. The Morgan fingerprint density at radius 3 is 2.57 bits per heavy atom. The standard InChI is InChI=1S/C27H36N4O3S/c1-4-6-26-28-23-15-22(9-10-24(23)35-26)34-18-21(32)16-30-11-13-31(14-12-30)17-25(33)29-27-19(2)7-5-8-20(27)3/h5,7-10,15,21,32H,4,6,11-14,16-18H2,1-3H3,(H,29,33). The molecule has 1 fully saturated rings. The molecule has 1 unspecified atom stereocenters. The summed E-state index contributed by atoms with van der Waals surface area (Å²) in [6.07, 6.45) is 1.51. The zero-order valence-electron chi connectivity index (χ0n) is 20.9. The number of carbonyl (C=O) groups excluding carboxylic acids is 1. The number of aryl methyl sites for hydroxylation is 3. The first kappa shape index (κ1) is 25.6. The van der Waals surface area contributed by atoms with E-state index in [1.165, 1.54) is 4.70 Å². The first-order valence-electron chi connectivity index (χ1n) is 12.4. The van der Waals surface area contributed by atoms with Gasteiger partial charge in [-0.2, -0.15) is 0 Å². The zero-order chi connectivity index (χ0) is 24.8. The number of nitrogens with one attached hydrogen (secondary N) is 1. The molecule has 0 aliphatic carbocycles. The van der Waals surface area contributed by atoms with E-state index in [-0.39, 0.29) is 12.5 Å². The molecule has 1 aliphatic rings. The van der Waals surface area contributed by atoms with Crippen LogP contribution in [0.3, 0.4) is 0 Å². The van der Waals surface area contributed by atoms with Gasteiger partial charge in [0.25, 0.3) is 0 Å². The quantitative estimate of drug-likeness (QED) is 0.444. The van der Waals surface area contributed by atoms with Crippen LogP contribution in [0.25, 0.3) is 10.2 Å². The van der Waals surface area contributed by atoms with Gasteiger partial charge in [0.1, 0.15) is 18.5 Å². The fourth-order valence-electron chi connectivity index (χ4n) is 4.43. The molecule has 2 N–H and O–H groups in total. The van der Waals surface area contributed by atoms with Crippen LogP contribution in [0.1, 0.15) is 29.5 Å². The Morgan fingerprint density at radius 1 is 1.14 bits per heavy atom. The number of nitrogens with zero attached hydrogens (tertiary/aromatic N) is 3. The molecule has 7 nitrogen and oxygen atoms in total. The van der Waals surface area contributed by atoms with Crippen molar-refractivity contribution in [3.63, 3.8) is 0 Å². The van der Waals surface area contributed by atoms with E-state index in [0.717, 1.165) is 72.1 Å². The van der Waals surface area contributed by atoms with Crippen molar-refractivity contribution in [3.8, 4) is 5.75 Å². The van der Waals surface area contributed by atoms with Crippen molar-refractivity contribution >= 4 is 33.1 Å². The van der Waals surface area contributed by atoms with Crippen LogP contribution in [0.4, 0.5) is 5.69 Å². The van der Waals surface area contributed by atoms with Gasteiger partial charge in [0.2, 0.25) is 5.91 Å². The molecule has 188 valence electrons. The number of anilines is 1. The number of hydrogen-bond acceptors (Lipinski definition) is 7. The van der Waals surface area contributed by atoms with Crippen LogP contribution in [0.5, 0.6) is 5.75 Å². The van der Waals surface area contributed by atoms with Crippen molar-refractivity contribution in [2.75, 3.05) is 51.2 Å². The Balaban J connectivity index is 1.18. The molecule has 1 saturated heterocycles. The summed E-state index contributed by atoms with van der Waals surface area (Å²) in [7, 11) is 0. The molecule has 8 heteroatoms. The Morgan fingerprint density at radius 2 is 1.86 bits per heavy atom. The molecule has 0 spiro atoms. The van der Waals surface area contributed by atoms with E-state index in [1.807, 2.05) is 50.2 Å². The smallest absolute Gasteiger partial charge is 0.238 e. The molecule has 4 rings (SSSR count). The van der Waals surface area contributed by atoms with E-state index < -0.39 is 6.10 Å². The zero-order valence-corrected chi connectivity index (χ0v) is 21.7. The maximum atomic E-state index is 12.6. The van der Waals surface area contributed by atoms with Crippen molar-refractivity contribution in [2.24, 2.45) is 0 Å². The fourth-order valence-corrected chi connectivity index (χ4v) is 5.48. The number of aliphatic hydroxyl groups is 1. The summed E-state index contributed by atoms with van der Waals surface area (Å²) in [5.41, 5.74) is 4.03. The average Bonchev–Trinajstić information content (AvgIpc) is 3.23. The van der Waals surface area contributed by atoms with Crippen LogP contribution in [-0.4, -0.2) is 77.8 Å². The van der Waals surface area contributed by atoms with E-state index in [1.54, 1.807) is 11.3 Å². The largest absolute Gasteiger partial charge is 0.491 e. The van der Waals surface area contributed by atoms with Gasteiger partial charge in [0, 0.05) is 44.5 Å². The maximum Gasteiger partial charge on any atom is 0.238 e. The van der Waals surface area contributed by atoms with Gasteiger partial charge in [-0.3, -0.25) is 14.6 Å². The van der Waals surface area contributed by atoms with Gasteiger partial charge in [-0.05, 0) is 49.9 Å². The molecule has 1 atom stereocenters. The molecule has 0 radical (unpaired) electrons. The van der Waals surface area contributed by atoms with Gasteiger partial charge < -0.3 is 15.2 Å². The Labute approximate surface area is 211 Å². The van der Waals surface area contributed by atoms with E-state index in [2.05, 4.69) is 27.0 Å². The number of thiazole rings is 1.